The van der Waals surface area contributed by atoms with Crippen molar-refractivity contribution < 1.29 is 9.21 Å². The van der Waals surface area contributed by atoms with Gasteiger partial charge in [0.25, 0.3) is 5.91 Å². The van der Waals surface area contributed by atoms with Crippen molar-refractivity contribution in [2.45, 2.75) is 19.4 Å². The first-order valence-electron chi connectivity index (χ1n) is 10.3. The molecule has 1 atom stereocenters. The average Bonchev–Trinajstić information content (AvgIpc) is 3.44. The molecule has 3 heterocycles. The van der Waals surface area contributed by atoms with Crippen LogP contribution in [-0.4, -0.2) is 26.6 Å². The number of hydrogen-bond acceptors (Lipinski definition) is 5. The lowest BCUT2D eigenvalue weighted by Crippen LogP contribution is -2.27. The van der Waals surface area contributed by atoms with E-state index in [1.165, 1.54) is 5.01 Å². The molecule has 0 N–H and O–H groups in total. The van der Waals surface area contributed by atoms with Gasteiger partial charge in [0.05, 0.1) is 11.8 Å². The summed E-state index contributed by atoms with van der Waals surface area (Å²) in [6, 6.07) is 18.3. The molecule has 2 aromatic heterocycles. The number of oxazole rings is 1. The van der Waals surface area contributed by atoms with Crippen LogP contribution < -0.4 is 0 Å². The van der Waals surface area contributed by atoms with Gasteiger partial charge in [0, 0.05) is 39.4 Å². The summed E-state index contributed by atoms with van der Waals surface area (Å²) in [5.74, 6) is 0.937. The lowest BCUT2D eigenvalue weighted by Gasteiger charge is -2.22. The normalized spacial score (nSPS) is 15.5. The van der Waals surface area contributed by atoms with Crippen LogP contribution in [0, 0.1) is 6.92 Å². The van der Waals surface area contributed by atoms with Gasteiger partial charge in [-0.1, -0.05) is 39.7 Å². The lowest BCUT2D eigenvalue weighted by atomic mass is 10.00. The Labute approximate surface area is 204 Å². The second-order valence-electron chi connectivity index (χ2n) is 7.63. The van der Waals surface area contributed by atoms with Crippen molar-refractivity contribution in [1.82, 2.24) is 15.0 Å². The fourth-order valence-electron chi connectivity index (χ4n) is 3.79. The summed E-state index contributed by atoms with van der Waals surface area (Å²) in [7, 11) is 0. The molecule has 1 amide bonds. The highest BCUT2D eigenvalue weighted by Gasteiger charge is 2.35. The molecule has 0 aliphatic carbocycles. The number of halogens is 2. The molecule has 1 aliphatic heterocycles. The van der Waals surface area contributed by atoms with E-state index in [9.17, 15) is 4.79 Å². The highest BCUT2D eigenvalue weighted by molar-refractivity contribution is 9.10. The highest BCUT2D eigenvalue weighted by Crippen LogP contribution is 2.35. The summed E-state index contributed by atoms with van der Waals surface area (Å²) >= 11 is 9.48. The van der Waals surface area contributed by atoms with Gasteiger partial charge in [-0.15, -0.1) is 0 Å². The van der Waals surface area contributed by atoms with E-state index in [2.05, 4.69) is 20.9 Å². The number of aromatic nitrogens is 2. The van der Waals surface area contributed by atoms with E-state index >= 15 is 0 Å². The number of carbonyl (C=O) groups excluding carboxylic acids is 1. The van der Waals surface area contributed by atoms with Crippen LogP contribution in [0.5, 0.6) is 0 Å². The number of benzene rings is 2. The zero-order valence-corrected chi connectivity index (χ0v) is 19.9. The Morgan fingerprint density at radius 2 is 1.76 bits per heavy atom. The van der Waals surface area contributed by atoms with Crippen LogP contribution in [0.15, 0.2) is 87.0 Å². The molecule has 6 nitrogen and oxygen atoms in total. The molecule has 1 unspecified atom stereocenters. The Morgan fingerprint density at radius 1 is 1.06 bits per heavy atom. The highest BCUT2D eigenvalue weighted by atomic mass is 79.9. The number of hydrazone groups is 1. The monoisotopic (exact) mass is 520 g/mol. The van der Waals surface area contributed by atoms with Crippen molar-refractivity contribution in [3.05, 3.63) is 105 Å². The van der Waals surface area contributed by atoms with E-state index in [4.69, 9.17) is 26.1 Å². The Balaban J connectivity index is 1.53. The van der Waals surface area contributed by atoms with E-state index in [-0.39, 0.29) is 11.9 Å². The van der Waals surface area contributed by atoms with Gasteiger partial charge >= 0.3 is 0 Å². The van der Waals surface area contributed by atoms with Gasteiger partial charge in [-0.2, -0.15) is 5.10 Å². The Hall–Kier alpha value is -3.29. The van der Waals surface area contributed by atoms with Crippen LogP contribution in [0.25, 0.3) is 11.5 Å². The number of rotatable bonds is 4. The summed E-state index contributed by atoms with van der Waals surface area (Å²) in [5.41, 5.74) is 3.68. The molecular formula is C25H18BrClN4O2. The number of aryl methyl sites for hydroxylation is 1. The third-order valence-corrected chi connectivity index (χ3v) is 6.24. The number of nitrogens with zero attached hydrogens (tertiary/aromatic N) is 4. The van der Waals surface area contributed by atoms with Crippen LogP contribution in [0.2, 0.25) is 5.02 Å². The van der Waals surface area contributed by atoms with Crippen molar-refractivity contribution in [3.8, 4) is 11.5 Å². The molecule has 164 valence electrons. The molecular weight excluding hydrogens is 504 g/mol. The van der Waals surface area contributed by atoms with E-state index in [1.54, 1.807) is 36.7 Å². The zero-order valence-electron chi connectivity index (χ0n) is 17.6. The summed E-state index contributed by atoms with van der Waals surface area (Å²) < 4.78 is 6.91. The maximum absolute atomic E-state index is 13.3. The van der Waals surface area contributed by atoms with Gasteiger partial charge < -0.3 is 4.42 Å². The topological polar surface area (TPSA) is 71.6 Å². The van der Waals surface area contributed by atoms with Gasteiger partial charge in [-0.05, 0) is 61.0 Å². The molecule has 0 spiro atoms. The molecule has 0 bridgehead atoms. The summed E-state index contributed by atoms with van der Waals surface area (Å²) in [4.78, 5) is 22.1. The molecule has 33 heavy (non-hydrogen) atoms. The minimum absolute atomic E-state index is 0.195. The first kappa shape index (κ1) is 21.6. The predicted octanol–water partition coefficient (Wildman–Crippen LogP) is 6.45. The van der Waals surface area contributed by atoms with Gasteiger partial charge in [-0.3, -0.25) is 9.78 Å². The average molecular weight is 522 g/mol. The Bertz CT molecular complexity index is 1340. The largest absolute Gasteiger partial charge is 0.441 e. The molecule has 2 aromatic carbocycles. The van der Waals surface area contributed by atoms with Crippen molar-refractivity contribution in [3.63, 3.8) is 0 Å². The fourth-order valence-corrected chi connectivity index (χ4v) is 4.18. The van der Waals surface area contributed by atoms with Gasteiger partial charge in [0.15, 0.2) is 0 Å². The number of hydrogen-bond donors (Lipinski definition) is 0. The van der Waals surface area contributed by atoms with Crippen molar-refractivity contribution in [1.29, 1.82) is 0 Å². The van der Waals surface area contributed by atoms with Crippen LogP contribution in [0.3, 0.4) is 0 Å². The smallest absolute Gasteiger partial charge is 0.274 e. The maximum atomic E-state index is 13.3. The van der Waals surface area contributed by atoms with E-state index in [1.807, 2.05) is 43.3 Å². The minimum atomic E-state index is -0.260. The molecule has 0 fully saturated rings. The van der Waals surface area contributed by atoms with Gasteiger partial charge in [0.1, 0.15) is 11.5 Å². The Morgan fingerprint density at radius 3 is 2.45 bits per heavy atom. The molecule has 0 saturated carbocycles. The quantitative estimate of drug-likeness (QED) is 0.309. The van der Waals surface area contributed by atoms with E-state index < -0.39 is 0 Å². The first-order valence-corrected chi connectivity index (χ1v) is 11.5. The fraction of sp³-hybridized carbons (Fsp3) is 0.120. The van der Waals surface area contributed by atoms with Crippen LogP contribution in [0.4, 0.5) is 0 Å². The summed E-state index contributed by atoms with van der Waals surface area (Å²) in [6.45, 7) is 1.85. The van der Waals surface area contributed by atoms with Gasteiger partial charge in [-0.25, -0.2) is 9.99 Å². The van der Waals surface area contributed by atoms with Crippen LogP contribution in [0.1, 0.15) is 39.8 Å². The Kier molecular flexibility index (Phi) is 5.83. The number of carbonyl (C=O) groups is 1. The molecule has 0 saturated heterocycles. The van der Waals surface area contributed by atoms with E-state index in [0.717, 1.165) is 15.6 Å². The second-order valence-corrected chi connectivity index (χ2v) is 8.99. The van der Waals surface area contributed by atoms with Crippen molar-refractivity contribution in [2.75, 3.05) is 0 Å². The van der Waals surface area contributed by atoms with Crippen LogP contribution >= 0.6 is 27.5 Å². The third kappa shape index (κ3) is 4.34. The number of amides is 1. The SMILES string of the molecule is Cc1oc(-c2ccc(Cl)cc2)nc1C1=NN(C(=O)c2ccncc2)C(c2ccc(Br)cc2)C1. The van der Waals surface area contributed by atoms with Gasteiger partial charge in [0.2, 0.25) is 5.89 Å². The van der Waals surface area contributed by atoms with Crippen LogP contribution in [-0.2, 0) is 0 Å². The molecule has 0 radical (unpaired) electrons. The lowest BCUT2D eigenvalue weighted by molar-refractivity contribution is 0.0711. The maximum Gasteiger partial charge on any atom is 0.274 e. The van der Waals surface area contributed by atoms with E-state index in [0.29, 0.717) is 40.1 Å². The van der Waals surface area contributed by atoms with Crippen molar-refractivity contribution >= 4 is 39.1 Å². The number of pyridine rings is 1. The standard InChI is InChI=1S/C25H18BrClN4O2/c1-15-23(29-24(33-15)17-4-8-20(27)9-5-17)21-14-22(16-2-6-19(26)7-3-16)31(30-21)25(32)18-10-12-28-13-11-18/h2-13,22H,14H2,1H3. The molecule has 1 aliphatic rings. The third-order valence-electron chi connectivity index (χ3n) is 5.46. The molecule has 8 heteroatoms. The first-order chi connectivity index (χ1) is 16.0. The minimum Gasteiger partial charge on any atom is -0.441 e. The van der Waals surface area contributed by atoms with Crippen molar-refractivity contribution in [2.24, 2.45) is 5.10 Å². The predicted molar refractivity (Wildman–Crippen MR) is 130 cm³/mol. The molecule has 4 aromatic rings. The zero-order chi connectivity index (χ0) is 22.9. The summed E-state index contributed by atoms with van der Waals surface area (Å²) in [5, 5.41) is 6.90. The molecule has 5 rings (SSSR count). The summed E-state index contributed by atoms with van der Waals surface area (Å²) in [6.07, 6.45) is 3.72. The second kappa shape index (κ2) is 8.92.